The smallest absolute Gasteiger partial charge is 0.165 e. The minimum absolute atomic E-state index is 0.166. The highest BCUT2D eigenvalue weighted by molar-refractivity contribution is 8.76. The molecule has 0 heterocycles. The van der Waals surface area contributed by atoms with Crippen molar-refractivity contribution in [3.63, 3.8) is 0 Å². The molecule has 2 nitrogen and oxygen atoms in total. The third-order valence-electron chi connectivity index (χ3n) is 4.03. The molecule has 30 heavy (non-hydrogen) atoms. The van der Waals surface area contributed by atoms with Gasteiger partial charge in [0, 0.05) is 0 Å². The van der Waals surface area contributed by atoms with Crippen LogP contribution >= 0.6 is 21.6 Å². The number of halogens is 2. The van der Waals surface area contributed by atoms with Crippen molar-refractivity contribution in [2.45, 2.75) is 9.79 Å². The number of ether oxygens (including phenoxy) is 2. The highest BCUT2D eigenvalue weighted by Gasteiger charge is 2.12. The number of hydrogen-bond acceptors (Lipinski definition) is 4. The minimum Gasteiger partial charge on any atom is -0.453 e. The molecule has 0 N–H and O–H groups in total. The van der Waals surface area contributed by atoms with Crippen LogP contribution in [-0.2, 0) is 0 Å². The minimum atomic E-state index is -0.423. The number of para-hydroxylation sites is 4. The molecule has 4 rings (SSSR count). The summed E-state index contributed by atoms with van der Waals surface area (Å²) in [6, 6.07) is 27.4. The summed E-state index contributed by atoms with van der Waals surface area (Å²) in [5.41, 5.74) is 0. The largest absolute Gasteiger partial charge is 0.453 e. The van der Waals surface area contributed by atoms with Gasteiger partial charge >= 0.3 is 0 Å². The maximum absolute atomic E-state index is 14.0. The van der Waals surface area contributed by atoms with Crippen LogP contribution < -0.4 is 9.47 Å². The second-order valence-corrected chi connectivity index (χ2v) is 8.34. The number of rotatable bonds is 7. The fourth-order valence-electron chi connectivity index (χ4n) is 2.59. The summed E-state index contributed by atoms with van der Waals surface area (Å²) in [7, 11) is 2.90. The van der Waals surface area contributed by atoms with E-state index in [-0.39, 0.29) is 11.5 Å². The van der Waals surface area contributed by atoms with Gasteiger partial charge in [0.15, 0.2) is 23.1 Å². The van der Waals surface area contributed by atoms with Gasteiger partial charge < -0.3 is 9.47 Å². The zero-order valence-corrected chi connectivity index (χ0v) is 17.3. The third kappa shape index (κ3) is 4.96. The monoisotopic (exact) mass is 438 g/mol. The Morgan fingerprint density at radius 3 is 1.17 bits per heavy atom. The lowest BCUT2D eigenvalue weighted by Gasteiger charge is -2.13. The van der Waals surface area contributed by atoms with Gasteiger partial charge in [0.25, 0.3) is 0 Å². The van der Waals surface area contributed by atoms with Crippen LogP contribution in [0, 0.1) is 11.6 Å². The van der Waals surface area contributed by atoms with Gasteiger partial charge in [0.1, 0.15) is 11.5 Å². The Morgan fingerprint density at radius 1 is 0.433 bits per heavy atom. The zero-order chi connectivity index (χ0) is 20.8. The Morgan fingerprint density at radius 2 is 0.767 bits per heavy atom. The Balaban J connectivity index is 1.52. The molecule has 0 aromatic heterocycles. The molecule has 0 aliphatic heterocycles. The second-order valence-electron chi connectivity index (χ2n) is 6.13. The molecule has 150 valence electrons. The molecular formula is C24H16F2O2S2. The van der Waals surface area contributed by atoms with Gasteiger partial charge in [0.05, 0.1) is 9.79 Å². The van der Waals surface area contributed by atoms with Crippen LogP contribution in [0.1, 0.15) is 0 Å². The van der Waals surface area contributed by atoms with E-state index < -0.39 is 11.6 Å². The Labute approximate surface area is 181 Å². The van der Waals surface area contributed by atoms with Gasteiger partial charge in [-0.3, -0.25) is 0 Å². The third-order valence-corrected chi connectivity index (χ3v) is 6.48. The zero-order valence-electron chi connectivity index (χ0n) is 15.6. The van der Waals surface area contributed by atoms with Crippen LogP contribution in [0.3, 0.4) is 0 Å². The molecule has 0 spiro atoms. The van der Waals surface area contributed by atoms with E-state index >= 15 is 0 Å². The van der Waals surface area contributed by atoms with Gasteiger partial charge in [0.2, 0.25) is 0 Å². The summed E-state index contributed by atoms with van der Waals surface area (Å²) in [6.07, 6.45) is 0. The lowest BCUT2D eigenvalue weighted by molar-refractivity contribution is 0.433. The Hall–Kier alpha value is -2.96. The van der Waals surface area contributed by atoms with Gasteiger partial charge in [-0.1, -0.05) is 48.5 Å². The molecule has 0 radical (unpaired) electrons. The predicted octanol–water partition coefficient (Wildman–Crippen LogP) is 8.35. The molecule has 0 fully saturated rings. The van der Waals surface area contributed by atoms with E-state index in [9.17, 15) is 8.78 Å². The topological polar surface area (TPSA) is 18.5 Å². The second kappa shape index (κ2) is 9.69. The van der Waals surface area contributed by atoms with Crippen molar-refractivity contribution in [1.82, 2.24) is 0 Å². The van der Waals surface area contributed by atoms with Crippen LogP contribution in [0.2, 0.25) is 0 Å². The summed E-state index contributed by atoms with van der Waals surface area (Å²) < 4.78 is 39.5. The van der Waals surface area contributed by atoms with Crippen LogP contribution in [0.4, 0.5) is 8.78 Å². The standard InChI is InChI=1S/C24H16F2O2S2/c25-17-9-1-3-11-19(17)27-21-13-5-7-15-23(21)29-30-24-16-8-6-14-22(24)28-20-12-4-2-10-18(20)26/h1-16H. The maximum Gasteiger partial charge on any atom is 0.165 e. The first-order valence-electron chi connectivity index (χ1n) is 9.08. The quantitative estimate of drug-likeness (QED) is 0.270. The summed E-state index contributed by atoms with van der Waals surface area (Å²) in [4.78, 5) is 1.65. The molecule has 0 aliphatic rings. The van der Waals surface area contributed by atoms with Crippen molar-refractivity contribution in [1.29, 1.82) is 0 Å². The molecule has 0 saturated carbocycles. The first kappa shape index (κ1) is 20.3. The molecule has 0 unspecified atom stereocenters. The molecule has 0 amide bonds. The van der Waals surface area contributed by atoms with Gasteiger partial charge in [-0.2, -0.15) is 0 Å². The fraction of sp³-hybridized carbons (Fsp3) is 0. The summed E-state index contributed by atoms with van der Waals surface area (Å²) in [6.45, 7) is 0. The average molecular weight is 439 g/mol. The van der Waals surface area contributed by atoms with Gasteiger partial charge in [-0.05, 0) is 70.1 Å². The van der Waals surface area contributed by atoms with E-state index in [0.29, 0.717) is 11.5 Å². The van der Waals surface area contributed by atoms with Crippen molar-refractivity contribution in [2.75, 3.05) is 0 Å². The van der Waals surface area contributed by atoms with Crippen molar-refractivity contribution >= 4 is 21.6 Å². The molecule has 4 aromatic rings. The van der Waals surface area contributed by atoms with Crippen molar-refractivity contribution in [2.24, 2.45) is 0 Å². The van der Waals surface area contributed by atoms with Crippen molar-refractivity contribution in [3.05, 3.63) is 109 Å². The fourth-order valence-corrected chi connectivity index (χ4v) is 4.78. The van der Waals surface area contributed by atoms with E-state index in [2.05, 4.69) is 0 Å². The van der Waals surface area contributed by atoms with Gasteiger partial charge in [-0.15, -0.1) is 0 Å². The van der Waals surface area contributed by atoms with Crippen LogP contribution in [0.5, 0.6) is 23.0 Å². The average Bonchev–Trinajstić information content (AvgIpc) is 2.77. The normalized spacial score (nSPS) is 10.6. The number of benzene rings is 4. The Bertz CT molecular complexity index is 1060. The molecule has 0 bridgehead atoms. The first-order valence-corrected chi connectivity index (χ1v) is 11.2. The van der Waals surface area contributed by atoms with Crippen LogP contribution in [0.15, 0.2) is 107 Å². The van der Waals surface area contributed by atoms with Crippen molar-refractivity contribution < 1.29 is 18.3 Å². The molecular weight excluding hydrogens is 422 g/mol. The highest BCUT2D eigenvalue weighted by Crippen LogP contribution is 2.46. The number of hydrogen-bond donors (Lipinski definition) is 0. The predicted molar refractivity (Wildman–Crippen MR) is 118 cm³/mol. The SMILES string of the molecule is Fc1ccccc1Oc1ccccc1SSc1ccccc1Oc1ccccc1F. The van der Waals surface area contributed by atoms with E-state index in [4.69, 9.17) is 9.47 Å². The molecule has 6 heteroatoms. The summed E-state index contributed by atoms with van der Waals surface area (Å²) in [5, 5.41) is 0. The Kier molecular flexibility index (Phi) is 6.57. The molecule has 0 atom stereocenters. The van der Waals surface area contributed by atoms with E-state index in [0.717, 1.165) is 9.79 Å². The van der Waals surface area contributed by atoms with E-state index in [1.165, 1.54) is 33.7 Å². The van der Waals surface area contributed by atoms with Crippen molar-refractivity contribution in [3.8, 4) is 23.0 Å². The lowest BCUT2D eigenvalue weighted by Crippen LogP contribution is -1.90. The van der Waals surface area contributed by atoms with Crippen LogP contribution in [0.25, 0.3) is 0 Å². The molecule has 0 aliphatic carbocycles. The van der Waals surface area contributed by atoms with Gasteiger partial charge in [-0.25, -0.2) is 8.78 Å². The highest BCUT2D eigenvalue weighted by atomic mass is 33.1. The first-order chi connectivity index (χ1) is 14.7. The van der Waals surface area contributed by atoms with Crippen LogP contribution in [-0.4, -0.2) is 0 Å². The maximum atomic E-state index is 14.0. The molecule has 4 aromatic carbocycles. The van der Waals surface area contributed by atoms with E-state index in [1.54, 1.807) is 48.5 Å². The summed E-state index contributed by atoms with van der Waals surface area (Å²) in [5.74, 6) is 0.583. The molecule has 0 saturated heterocycles. The summed E-state index contributed by atoms with van der Waals surface area (Å²) >= 11 is 0. The van der Waals surface area contributed by atoms with E-state index in [1.807, 2.05) is 36.4 Å². The lowest BCUT2D eigenvalue weighted by atomic mass is 10.3.